The highest BCUT2D eigenvalue weighted by atomic mass is 35.5. The molecule has 0 saturated carbocycles. The fourth-order valence-corrected chi connectivity index (χ4v) is 1.81. The van der Waals surface area contributed by atoms with Crippen molar-refractivity contribution in [3.05, 3.63) is 23.9 Å². The fraction of sp³-hybridized carbons (Fsp3) is 0.500. The third-order valence-corrected chi connectivity index (χ3v) is 2.77. The molecular weight excluding hydrogens is 222 g/mol. The molecule has 1 aliphatic heterocycles. The minimum absolute atomic E-state index is 0.0974. The number of hydrogen-bond acceptors (Lipinski definition) is 2. The normalized spacial score (nSPS) is 19.5. The number of hydrogen-bond donors (Lipinski definition) is 0. The van der Waals surface area contributed by atoms with Gasteiger partial charge in [-0.2, -0.15) is 0 Å². The molecule has 1 aromatic rings. The summed E-state index contributed by atoms with van der Waals surface area (Å²) in [6.07, 6.45) is 1.50. The second-order valence-corrected chi connectivity index (χ2v) is 3.95. The van der Waals surface area contributed by atoms with Gasteiger partial charge in [0.2, 0.25) is 0 Å². The van der Waals surface area contributed by atoms with Gasteiger partial charge in [-0.25, -0.2) is 13.8 Å². The third-order valence-electron chi connectivity index (χ3n) is 2.46. The van der Waals surface area contributed by atoms with Crippen LogP contribution in [0.3, 0.4) is 0 Å². The zero-order valence-electron chi connectivity index (χ0n) is 8.09. The van der Waals surface area contributed by atoms with Crippen molar-refractivity contribution in [3.63, 3.8) is 0 Å². The quantitative estimate of drug-likeness (QED) is 0.729. The van der Waals surface area contributed by atoms with E-state index in [1.54, 1.807) is 23.2 Å². The first-order valence-corrected chi connectivity index (χ1v) is 5.28. The summed E-state index contributed by atoms with van der Waals surface area (Å²) >= 11 is 5.67. The lowest BCUT2D eigenvalue weighted by molar-refractivity contribution is 0.0256. The van der Waals surface area contributed by atoms with Crippen molar-refractivity contribution in [2.45, 2.75) is 18.2 Å². The predicted molar refractivity (Wildman–Crippen MR) is 55.6 cm³/mol. The topological polar surface area (TPSA) is 16.1 Å². The fourth-order valence-electron chi connectivity index (χ4n) is 1.65. The highest BCUT2D eigenvalue weighted by Gasteiger charge is 2.38. The largest absolute Gasteiger partial charge is 0.350 e. The lowest BCUT2D eigenvalue weighted by atomic mass is 10.3. The molecule has 0 atom stereocenters. The molecule has 1 fully saturated rings. The van der Waals surface area contributed by atoms with Crippen LogP contribution in [0, 0.1) is 0 Å². The van der Waals surface area contributed by atoms with Crippen molar-refractivity contribution in [2.75, 3.05) is 18.0 Å². The number of halogens is 3. The number of alkyl halides is 3. The van der Waals surface area contributed by atoms with Gasteiger partial charge < -0.3 is 4.90 Å². The van der Waals surface area contributed by atoms with E-state index in [1.165, 1.54) is 0 Å². The molecule has 5 heteroatoms. The van der Waals surface area contributed by atoms with E-state index in [-0.39, 0.29) is 13.0 Å². The molecule has 1 aromatic heterocycles. The van der Waals surface area contributed by atoms with Gasteiger partial charge in [-0.1, -0.05) is 0 Å². The van der Waals surface area contributed by atoms with E-state index in [1.807, 2.05) is 0 Å². The van der Waals surface area contributed by atoms with Crippen LogP contribution in [-0.4, -0.2) is 24.0 Å². The van der Waals surface area contributed by atoms with Crippen molar-refractivity contribution in [1.29, 1.82) is 0 Å². The highest BCUT2D eigenvalue weighted by Crippen LogP contribution is 2.30. The summed E-state index contributed by atoms with van der Waals surface area (Å²) in [4.78, 5) is 5.66. The monoisotopic (exact) mass is 232 g/mol. The van der Waals surface area contributed by atoms with Gasteiger partial charge in [0.1, 0.15) is 5.82 Å². The third kappa shape index (κ3) is 2.37. The van der Waals surface area contributed by atoms with Crippen molar-refractivity contribution < 1.29 is 8.78 Å². The Morgan fingerprint density at radius 2 is 2.33 bits per heavy atom. The Morgan fingerprint density at radius 3 is 2.93 bits per heavy atom. The molecule has 0 aliphatic carbocycles. The van der Waals surface area contributed by atoms with Gasteiger partial charge >= 0.3 is 0 Å². The summed E-state index contributed by atoms with van der Waals surface area (Å²) < 4.78 is 25.9. The second-order valence-electron chi connectivity index (χ2n) is 3.68. The van der Waals surface area contributed by atoms with Crippen LogP contribution in [0.25, 0.3) is 0 Å². The Kier molecular flexibility index (Phi) is 2.78. The minimum Gasteiger partial charge on any atom is -0.350 e. The van der Waals surface area contributed by atoms with Crippen molar-refractivity contribution in [2.24, 2.45) is 0 Å². The van der Waals surface area contributed by atoms with Crippen molar-refractivity contribution >= 4 is 17.4 Å². The van der Waals surface area contributed by atoms with Gasteiger partial charge in [0, 0.05) is 25.0 Å². The van der Waals surface area contributed by atoms with Crippen LogP contribution in [0.1, 0.15) is 12.0 Å². The smallest absolute Gasteiger partial charge is 0.266 e. The minimum atomic E-state index is -2.58. The Bertz CT molecular complexity index is 357. The van der Waals surface area contributed by atoms with Gasteiger partial charge in [-0.3, -0.25) is 0 Å². The molecule has 1 saturated heterocycles. The van der Waals surface area contributed by atoms with Crippen LogP contribution >= 0.6 is 11.6 Å². The molecule has 0 radical (unpaired) electrons. The molecule has 0 spiro atoms. The Balaban J connectivity index is 2.16. The van der Waals surface area contributed by atoms with Gasteiger partial charge in [-0.05, 0) is 17.7 Å². The molecule has 15 heavy (non-hydrogen) atoms. The van der Waals surface area contributed by atoms with E-state index in [2.05, 4.69) is 4.98 Å². The molecule has 0 amide bonds. The van der Waals surface area contributed by atoms with E-state index in [0.717, 1.165) is 5.56 Å². The number of nitrogens with zero attached hydrogens (tertiary/aromatic N) is 2. The molecule has 0 N–H and O–H groups in total. The van der Waals surface area contributed by atoms with Crippen LogP contribution in [0.5, 0.6) is 0 Å². The SMILES string of the molecule is FC1(F)CCN(c2cc(CCl)ccn2)C1. The second kappa shape index (κ2) is 3.93. The van der Waals surface area contributed by atoms with Gasteiger partial charge in [0.05, 0.1) is 6.54 Å². The number of rotatable bonds is 2. The van der Waals surface area contributed by atoms with E-state index < -0.39 is 5.92 Å². The first kappa shape index (κ1) is 10.6. The molecule has 2 nitrogen and oxygen atoms in total. The number of anilines is 1. The Hall–Kier alpha value is -0.900. The lowest BCUT2D eigenvalue weighted by Crippen LogP contribution is -2.25. The van der Waals surface area contributed by atoms with Crippen LogP contribution in [0.15, 0.2) is 18.3 Å². The van der Waals surface area contributed by atoms with E-state index in [9.17, 15) is 8.78 Å². The average Bonchev–Trinajstić information content (AvgIpc) is 2.59. The lowest BCUT2D eigenvalue weighted by Gasteiger charge is -2.17. The van der Waals surface area contributed by atoms with Gasteiger partial charge in [0.15, 0.2) is 0 Å². The first-order chi connectivity index (χ1) is 7.11. The zero-order valence-corrected chi connectivity index (χ0v) is 8.84. The Labute approximate surface area is 91.9 Å². The average molecular weight is 233 g/mol. The number of aromatic nitrogens is 1. The predicted octanol–water partition coefficient (Wildman–Crippen LogP) is 2.67. The van der Waals surface area contributed by atoms with Crippen LogP contribution < -0.4 is 4.90 Å². The maximum atomic E-state index is 13.0. The first-order valence-electron chi connectivity index (χ1n) is 4.74. The Morgan fingerprint density at radius 1 is 1.53 bits per heavy atom. The summed E-state index contributed by atoms with van der Waals surface area (Å²) in [5.41, 5.74) is 0.900. The summed E-state index contributed by atoms with van der Waals surface area (Å²) in [6.45, 7) is 0.109. The van der Waals surface area contributed by atoms with Crippen LogP contribution in [0.4, 0.5) is 14.6 Å². The van der Waals surface area contributed by atoms with E-state index in [4.69, 9.17) is 11.6 Å². The van der Waals surface area contributed by atoms with E-state index >= 15 is 0 Å². The molecule has 1 aliphatic rings. The molecule has 0 aromatic carbocycles. The summed E-state index contributed by atoms with van der Waals surface area (Å²) in [5, 5.41) is 0. The summed E-state index contributed by atoms with van der Waals surface area (Å²) in [7, 11) is 0. The molecule has 0 unspecified atom stereocenters. The molecule has 2 rings (SSSR count). The van der Waals surface area contributed by atoms with Gasteiger partial charge in [0.25, 0.3) is 5.92 Å². The maximum absolute atomic E-state index is 13.0. The van der Waals surface area contributed by atoms with Crippen LogP contribution in [0.2, 0.25) is 0 Å². The molecule has 82 valence electrons. The standard InChI is InChI=1S/C10H11ClF2N2/c11-6-8-1-3-14-9(5-8)15-4-2-10(12,13)7-15/h1,3,5H,2,4,6-7H2. The maximum Gasteiger partial charge on any atom is 0.266 e. The summed E-state index contributed by atoms with van der Waals surface area (Å²) in [5.74, 6) is -1.62. The van der Waals surface area contributed by atoms with Crippen molar-refractivity contribution in [3.8, 4) is 0 Å². The van der Waals surface area contributed by atoms with E-state index in [0.29, 0.717) is 18.2 Å². The van der Waals surface area contributed by atoms with Crippen LogP contribution in [-0.2, 0) is 5.88 Å². The highest BCUT2D eigenvalue weighted by molar-refractivity contribution is 6.17. The molecule has 2 heterocycles. The van der Waals surface area contributed by atoms with Gasteiger partial charge in [-0.15, -0.1) is 11.6 Å². The molecular formula is C10H11ClF2N2. The summed E-state index contributed by atoms with van der Waals surface area (Å²) in [6, 6.07) is 3.54. The molecule has 0 bridgehead atoms. The zero-order chi connectivity index (χ0) is 10.9. The van der Waals surface area contributed by atoms with Crippen molar-refractivity contribution in [1.82, 2.24) is 4.98 Å². The number of pyridine rings is 1.